The van der Waals surface area contributed by atoms with Crippen molar-refractivity contribution in [2.45, 2.75) is 20.0 Å². The topological polar surface area (TPSA) is 80.1 Å². The maximum absolute atomic E-state index is 11.7. The van der Waals surface area contributed by atoms with Gasteiger partial charge in [-0.3, -0.25) is 10.1 Å². The molecule has 2 aromatic carbocycles. The van der Waals surface area contributed by atoms with Crippen molar-refractivity contribution in [1.29, 1.82) is 0 Å². The minimum atomic E-state index is -0.910. The molecular weight excluding hydrogens is 430 g/mol. The third-order valence-electron chi connectivity index (χ3n) is 4.16. The first-order valence-corrected chi connectivity index (χ1v) is 9.57. The van der Waals surface area contributed by atoms with E-state index in [1.165, 1.54) is 13.2 Å². The molecule has 0 spiro atoms. The molecule has 28 heavy (non-hydrogen) atoms. The summed E-state index contributed by atoms with van der Waals surface area (Å²) in [4.78, 5) is 11.3. The van der Waals surface area contributed by atoms with Gasteiger partial charge in [-0.1, -0.05) is 22.0 Å². The van der Waals surface area contributed by atoms with Crippen molar-refractivity contribution in [1.82, 2.24) is 0 Å². The van der Waals surface area contributed by atoms with Crippen LogP contribution in [0.15, 0.2) is 40.5 Å². The smallest absolute Gasteiger partial charge is 0.291 e. The van der Waals surface area contributed by atoms with E-state index in [9.17, 15) is 10.1 Å². The average Bonchev–Trinajstić information content (AvgIpc) is 2.68. The highest BCUT2D eigenvalue weighted by molar-refractivity contribution is 9.10. The van der Waals surface area contributed by atoms with Gasteiger partial charge in [0.1, 0.15) is 0 Å². The SMILES string of the molecule is CCOc1ccc([C@@H]2Oc3c(cc(Br)cc3OC)C=C2[N+](=O)[O-])cc1OCC. The quantitative estimate of drug-likeness (QED) is 0.436. The van der Waals surface area contributed by atoms with E-state index in [0.29, 0.717) is 47.3 Å². The number of benzene rings is 2. The van der Waals surface area contributed by atoms with Gasteiger partial charge in [-0.2, -0.15) is 0 Å². The van der Waals surface area contributed by atoms with E-state index in [-0.39, 0.29) is 5.70 Å². The summed E-state index contributed by atoms with van der Waals surface area (Å²) in [5.41, 5.74) is 1.09. The van der Waals surface area contributed by atoms with Gasteiger partial charge >= 0.3 is 0 Å². The maximum Gasteiger partial charge on any atom is 0.291 e. The van der Waals surface area contributed by atoms with Crippen LogP contribution in [0.5, 0.6) is 23.0 Å². The number of hydrogen-bond donors (Lipinski definition) is 0. The van der Waals surface area contributed by atoms with Crippen molar-refractivity contribution in [2.75, 3.05) is 20.3 Å². The van der Waals surface area contributed by atoms with Crippen LogP contribution in [0.1, 0.15) is 31.1 Å². The Hall–Kier alpha value is -2.74. The molecule has 1 aliphatic heterocycles. The fourth-order valence-electron chi connectivity index (χ4n) is 3.01. The van der Waals surface area contributed by atoms with Crippen molar-refractivity contribution < 1.29 is 23.9 Å². The van der Waals surface area contributed by atoms with Gasteiger partial charge in [-0.25, -0.2) is 0 Å². The zero-order chi connectivity index (χ0) is 20.3. The molecule has 0 fully saturated rings. The summed E-state index contributed by atoms with van der Waals surface area (Å²) in [7, 11) is 1.53. The lowest BCUT2D eigenvalue weighted by atomic mass is 10.00. The van der Waals surface area contributed by atoms with Gasteiger partial charge in [-0.05, 0) is 38.1 Å². The molecule has 3 rings (SSSR count). The highest BCUT2D eigenvalue weighted by Crippen LogP contribution is 2.45. The second-order valence-electron chi connectivity index (χ2n) is 5.92. The second kappa shape index (κ2) is 8.52. The molecule has 0 amide bonds. The molecule has 8 heteroatoms. The van der Waals surface area contributed by atoms with Crippen molar-refractivity contribution >= 4 is 22.0 Å². The Labute approximate surface area is 171 Å². The summed E-state index contributed by atoms with van der Waals surface area (Å²) < 4.78 is 23.4. The highest BCUT2D eigenvalue weighted by Gasteiger charge is 2.35. The zero-order valence-corrected chi connectivity index (χ0v) is 17.3. The minimum Gasteiger partial charge on any atom is -0.493 e. The first kappa shape index (κ1) is 20.0. The Morgan fingerprint density at radius 1 is 1.11 bits per heavy atom. The number of ether oxygens (including phenoxy) is 4. The molecule has 148 valence electrons. The highest BCUT2D eigenvalue weighted by atomic mass is 79.9. The second-order valence-corrected chi connectivity index (χ2v) is 6.84. The molecular formula is C20H20BrNO6. The van der Waals surface area contributed by atoms with Crippen LogP contribution < -0.4 is 18.9 Å². The fraction of sp³-hybridized carbons (Fsp3) is 0.300. The zero-order valence-electron chi connectivity index (χ0n) is 15.7. The Balaban J connectivity index is 2.09. The molecule has 0 radical (unpaired) electrons. The molecule has 1 atom stereocenters. The Morgan fingerprint density at radius 3 is 2.46 bits per heavy atom. The van der Waals surface area contributed by atoms with Crippen LogP contribution in [0.25, 0.3) is 6.08 Å². The van der Waals surface area contributed by atoms with E-state index in [1.54, 1.807) is 30.3 Å². The number of rotatable bonds is 7. The molecule has 1 heterocycles. The van der Waals surface area contributed by atoms with Crippen LogP contribution in [0.3, 0.4) is 0 Å². The van der Waals surface area contributed by atoms with Gasteiger partial charge in [0.15, 0.2) is 23.0 Å². The third kappa shape index (κ3) is 3.91. The monoisotopic (exact) mass is 449 g/mol. The van der Waals surface area contributed by atoms with Crippen LogP contribution in [0.2, 0.25) is 0 Å². The van der Waals surface area contributed by atoms with Crippen LogP contribution in [0, 0.1) is 10.1 Å². The summed E-state index contributed by atoms with van der Waals surface area (Å²) in [5, 5.41) is 11.7. The van der Waals surface area contributed by atoms with E-state index >= 15 is 0 Å². The minimum absolute atomic E-state index is 0.0701. The van der Waals surface area contributed by atoms with Crippen LogP contribution in [0.4, 0.5) is 0 Å². The predicted octanol–water partition coefficient (Wildman–Crippen LogP) is 5.01. The predicted molar refractivity (Wildman–Crippen MR) is 108 cm³/mol. The number of nitrogens with zero attached hydrogens (tertiary/aromatic N) is 1. The number of fused-ring (bicyclic) bond motifs is 1. The number of methoxy groups -OCH3 is 1. The maximum atomic E-state index is 11.7. The van der Waals surface area contributed by atoms with Crippen molar-refractivity contribution in [3.05, 3.63) is 61.7 Å². The lowest BCUT2D eigenvalue weighted by Crippen LogP contribution is -2.20. The van der Waals surface area contributed by atoms with Crippen molar-refractivity contribution in [3.63, 3.8) is 0 Å². The summed E-state index contributed by atoms with van der Waals surface area (Å²) in [6, 6.07) is 8.70. The van der Waals surface area contributed by atoms with Gasteiger partial charge in [0, 0.05) is 21.7 Å². The lowest BCUT2D eigenvalue weighted by molar-refractivity contribution is -0.434. The van der Waals surface area contributed by atoms with Crippen LogP contribution in [-0.2, 0) is 0 Å². The molecule has 7 nitrogen and oxygen atoms in total. The van der Waals surface area contributed by atoms with E-state index < -0.39 is 11.0 Å². The summed E-state index contributed by atoms with van der Waals surface area (Å²) in [6.07, 6.45) is 0.598. The first-order chi connectivity index (χ1) is 13.5. The summed E-state index contributed by atoms with van der Waals surface area (Å²) in [6.45, 7) is 4.67. The molecule has 0 bridgehead atoms. The fourth-order valence-corrected chi connectivity index (χ4v) is 3.46. The molecule has 0 N–H and O–H groups in total. The van der Waals surface area contributed by atoms with Gasteiger partial charge in [0.05, 0.1) is 25.2 Å². The van der Waals surface area contributed by atoms with Crippen LogP contribution >= 0.6 is 15.9 Å². The standard InChI is InChI=1S/C20H20BrNO6/c1-4-26-16-7-6-12(10-17(16)27-5-2)19-15(22(23)24)9-13-8-14(21)11-18(25-3)20(13)28-19/h6-11,19H,4-5H2,1-3H3/t19-/m0/s1. The van der Waals surface area contributed by atoms with Gasteiger partial charge in [-0.15, -0.1) is 0 Å². The average molecular weight is 450 g/mol. The van der Waals surface area contributed by atoms with E-state index in [0.717, 1.165) is 4.47 Å². The number of hydrogen-bond acceptors (Lipinski definition) is 6. The summed E-state index contributed by atoms with van der Waals surface area (Å²) in [5.74, 6) is 2.04. The normalized spacial score (nSPS) is 15.1. The van der Waals surface area contributed by atoms with Gasteiger partial charge in [0.2, 0.25) is 6.10 Å². The largest absolute Gasteiger partial charge is 0.493 e. The Morgan fingerprint density at radius 2 is 1.82 bits per heavy atom. The molecule has 0 saturated heterocycles. The van der Waals surface area contributed by atoms with E-state index in [4.69, 9.17) is 18.9 Å². The Bertz CT molecular complexity index is 927. The van der Waals surface area contributed by atoms with Gasteiger partial charge < -0.3 is 18.9 Å². The number of nitro groups is 1. The number of halogens is 1. The third-order valence-corrected chi connectivity index (χ3v) is 4.61. The van der Waals surface area contributed by atoms with Crippen LogP contribution in [-0.4, -0.2) is 25.2 Å². The first-order valence-electron chi connectivity index (χ1n) is 8.78. The Kier molecular flexibility index (Phi) is 6.08. The molecule has 1 aliphatic rings. The van der Waals surface area contributed by atoms with Crippen molar-refractivity contribution in [2.24, 2.45) is 0 Å². The van der Waals surface area contributed by atoms with Gasteiger partial charge in [0.25, 0.3) is 5.70 Å². The molecule has 0 unspecified atom stereocenters. The van der Waals surface area contributed by atoms with E-state index in [1.807, 2.05) is 13.8 Å². The lowest BCUT2D eigenvalue weighted by Gasteiger charge is -2.25. The van der Waals surface area contributed by atoms with E-state index in [2.05, 4.69) is 15.9 Å². The van der Waals surface area contributed by atoms with Crippen molar-refractivity contribution in [3.8, 4) is 23.0 Å². The molecule has 0 saturated carbocycles. The molecule has 0 aromatic heterocycles. The molecule has 2 aromatic rings. The molecule has 0 aliphatic carbocycles. The summed E-state index contributed by atoms with van der Waals surface area (Å²) >= 11 is 3.38.